The summed E-state index contributed by atoms with van der Waals surface area (Å²) in [6.07, 6.45) is 12.1. The van der Waals surface area contributed by atoms with Crippen molar-refractivity contribution in [2.75, 3.05) is 0 Å². The minimum absolute atomic E-state index is 0.440. The molecule has 0 spiro atoms. The van der Waals surface area contributed by atoms with E-state index in [9.17, 15) is 0 Å². The first-order valence-corrected chi connectivity index (χ1v) is 26.1. The van der Waals surface area contributed by atoms with E-state index in [1.165, 1.54) is 166 Å². The molecular weight excluding hydrogens is 845 g/mol. The van der Waals surface area contributed by atoms with Gasteiger partial charge in [0.1, 0.15) is 0 Å². The van der Waals surface area contributed by atoms with E-state index in [-0.39, 0.29) is 0 Å². The van der Waals surface area contributed by atoms with Gasteiger partial charge in [-0.2, -0.15) is 0 Å². The molecule has 324 valence electrons. The normalized spacial score (nSPS) is 14.7. The van der Waals surface area contributed by atoms with Gasteiger partial charge in [0.2, 0.25) is 0 Å². The average Bonchev–Trinajstić information content (AvgIpc) is 3.94. The zero-order valence-corrected chi connectivity index (χ0v) is 40.1. The van der Waals surface area contributed by atoms with E-state index in [1.54, 1.807) is 0 Å². The van der Waals surface area contributed by atoms with Gasteiger partial charge < -0.3 is 0 Å². The van der Waals surface area contributed by atoms with E-state index >= 15 is 0 Å². The molecule has 2 unspecified atom stereocenters. The third-order valence-electron chi connectivity index (χ3n) is 14.9. The lowest BCUT2D eigenvalue weighted by Gasteiger charge is -2.19. The average molecular weight is 897 g/mol. The molecule has 1 aliphatic rings. The summed E-state index contributed by atoms with van der Waals surface area (Å²) in [7, 11) is 0. The van der Waals surface area contributed by atoms with Crippen LogP contribution in [0.5, 0.6) is 0 Å². The van der Waals surface area contributed by atoms with Crippen molar-refractivity contribution in [1.29, 1.82) is 0 Å². The fourth-order valence-corrected chi connectivity index (χ4v) is 13.5. The summed E-state index contributed by atoms with van der Waals surface area (Å²) in [5.74, 6) is 0.440. The Labute approximate surface area is 400 Å². The molecular formula is C65H52S2. The second-order valence-corrected chi connectivity index (χ2v) is 22.1. The lowest BCUT2D eigenvalue weighted by atomic mass is 9.90. The minimum atomic E-state index is 0.440. The van der Waals surface area contributed by atoms with E-state index < -0.39 is 0 Å². The molecule has 2 heterocycles. The smallest absolute Gasteiger partial charge is 0.0355 e. The number of thiophene rings is 1. The molecule has 0 amide bonds. The highest BCUT2D eigenvalue weighted by molar-refractivity contribution is 8.00. The number of aryl methyl sites for hydroxylation is 2. The van der Waals surface area contributed by atoms with Crippen molar-refractivity contribution >= 4 is 132 Å². The molecule has 13 rings (SSSR count). The van der Waals surface area contributed by atoms with E-state index in [2.05, 4.69) is 208 Å². The lowest BCUT2D eigenvalue weighted by molar-refractivity contribution is 0.667. The lowest BCUT2D eigenvalue weighted by Crippen LogP contribution is -2.11. The van der Waals surface area contributed by atoms with E-state index in [4.69, 9.17) is 0 Å². The van der Waals surface area contributed by atoms with Crippen LogP contribution < -0.4 is 0 Å². The second kappa shape index (κ2) is 16.4. The highest BCUT2D eigenvalue weighted by Crippen LogP contribution is 2.46. The topological polar surface area (TPSA) is 0 Å². The molecule has 67 heavy (non-hydrogen) atoms. The van der Waals surface area contributed by atoms with Gasteiger partial charge in [-0.3, -0.25) is 0 Å². The third kappa shape index (κ3) is 7.65. The van der Waals surface area contributed by atoms with Crippen LogP contribution in [0, 0.1) is 6.92 Å². The summed E-state index contributed by atoms with van der Waals surface area (Å²) in [5.41, 5.74) is 6.91. The number of unbranched alkanes of at least 4 members (excludes halogenated alkanes) is 3. The molecule has 2 atom stereocenters. The van der Waals surface area contributed by atoms with E-state index in [0.29, 0.717) is 11.2 Å². The quantitative estimate of drug-likeness (QED) is 0.103. The van der Waals surface area contributed by atoms with Crippen molar-refractivity contribution in [1.82, 2.24) is 0 Å². The van der Waals surface area contributed by atoms with Gasteiger partial charge in [0, 0.05) is 19.7 Å². The van der Waals surface area contributed by atoms with Gasteiger partial charge in [0.15, 0.2) is 0 Å². The van der Waals surface area contributed by atoms with Crippen LogP contribution in [0.1, 0.15) is 78.1 Å². The van der Waals surface area contributed by atoms with Crippen molar-refractivity contribution < 1.29 is 0 Å². The van der Waals surface area contributed by atoms with E-state index in [0.717, 1.165) is 6.42 Å². The van der Waals surface area contributed by atoms with Gasteiger partial charge in [0.05, 0.1) is 0 Å². The zero-order valence-electron chi connectivity index (χ0n) is 38.5. The van der Waals surface area contributed by atoms with Crippen LogP contribution in [0.3, 0.4) is 0 Å². The number of hydrogen-bond acceptors (Lipinski definition) is 2. The number of fused-ring (bicyclic) bond motifs is 10. The molecule has 0 aliphatic carbocycles. The molecule has 0 bridgehead atoms. The van der Waals surface area contributed by atoms with Crippen LogP contribution in [0.2, 0.25) is 0 Å². The number of thioether (sulfide) groups is 1. The molecule has 1 aliphatic heterocycles. The summed E-state index contributed by atoms with van der Waals surface area (Å²) in [6.45, 7) is 6.88. The molecule has 0 saturated heterocycles. The molecule has 12 aromatic rings. The van der Waals surface area contributed by atoms with Crippen molar-refractivity contribution in [2.24, 2.45) is 0 Å². The van der Waals surface area contributed by atoms with Crippen molar-refractivity contribution in [2.45, 2.75) is 75.4 Å². The van der Waals surface area contributed by atoms with Crippen LogP contribution in [-0.4, -0.2) is 5.25 Å². The van der Waals surface area contributed by atoms with Gasteiger partial charge in [0.25, 0.3) is 0 Å². The summed E-state index contributed by atoms with van der Waals surface area (Å²) >= 11 is 3.96. The molecule has 2 heteroatoms. The molecule has 11 aromatic carbocycles. The SMILES string of the molecule is CCCCCCc1ccc2cc3cc4cc(/C=C/c5cc6cc7cc8cc9c(cc8cc7cc6s5)SC(C(C)c5ccc6cc7cc8cc(C)ccc8cc7cc6c5)C9)ccc4cc3cc2c1. The largest absolute Gasteiger partial charge is 0.136 e. The molecule has 0 fully saturated rings. The van der Waals surface area contributed by atoms with Crippen molar-refractivity contribution in [3.8, 4) is 0 Å². The molecule has 1 aromatic heterocycles. The van der Waals surface area contributed by atoms with E-state index in [1.807, 2.05) is 11.3 Å². The Morgan fingerprint density at radius 2 is 1.03 bits per heavy atom. The second-order valence-electron chi connectivity index (χ2n) is 19.7. The van der Waals surface area contributed by atoms with Gasteiger partial charge in [-0.1, -0.05) is 111 Å². The van der Waals surface area contributed by atoms with Crippen LogP contribution in [0.15, 0.2) is 169 Å². The van der Waals surface area contributed by atoms with Gasteiger partial charge in [-0.15, -0.1) is 23.1 Å². The summed E-state index contributed by atoms with van der Waals surface area (Å²) < 4.78 is 1.34. The van der Waals surface area contributed by atoms with Crippen LogP contribution >= 0.6 is 23.1 Å². The van der Waals surface area contributed by atoms with Crippen LogP contribution in [0.4, 0.5) is 0 Å². The maximum atomic E-state index is 2.48. The summed E-state index contributed by atoms with van der Waals surface area (Å²) in [5, 5.41) is 22.9. The first-order valence-electron chi connectivity index (χ1n) is 24.4. The maximum absolute atomic E-state index is 2.48. The van der Waals surface area contributed by atoms with Gasteiger partial charge in [-0.05, 0) is 249 Å². The number of rotatable bonds is 9. The predicted octanol–water partition coefficient (Wildman–Crippen LogP) is 19.5. The Morgan fingerprint density at radius 3 is 1.75 bits per heavy atom. The fraction of sp³-hybridized carbons (Fsp3) is 0.169. The highest BCUT2D eigenvalue weighted by atomic mass is 32.2. The van der Waals surface area contributed by atoms with Gasteiger partial charge in [-0.25, -0.2) is 0 Å². The summed E-state index contributed by atoms with van der Waals surface area (Å²) in [4.78, 5) is 2.73. The third-order valence-corrected chi connectivity index (χ3v) is 17.5. The monoisotopic (exact) mass is 896 g/mol. The number of hydrogen-bond donors (Lipinski definition) is 0. The molecule has 0 N–H and O–H groups in total. The Kier molecular flexibility index (Phi) is 9.99. The predicted molar refractivity (Wildman–Crippen MR) is 298 cm³/mol. The first kappa shape index (κ1) is 40.8. The van der Waals surface area contributed by atoms with Gasteiger partial charge >= 0.3 is 0 Å². The molecule has 0 radical (unpaired) electrons. The highest BCUT2D eigenvalue weighted by Gasteiger charge is 2.28. The molecule has 0 nitrogen and oxygen atoms in total. The summed E-state index contributed by atoms with van der Waals surface area (Å²) in [6, 6.07) is 63.8. The Hall–Kier alpha value is -6.45. The fourth-order valence-electron chi connectivity index (χ4n) is 11.1. The zero-order chi connectivity index (χ0) is 44.8. The van der Waals surface area contributed by atoms with Crippen molar-refractivity contribution in [3.63, 3.8) is 0 Å². The van der Waals surface area contributed by atoms with Crippen LogP contribution in [-0.2, 0) is 12.8 Å². The Balaban J connectivity index is 0.729. The standard InChI is InChI=1S/C65H52S2/c1-4-5-6-7-8-41-10-14-45-24-54-29-50-21-42(11-15-46(50)25-53(54)28-49(45)20-41)12-18-62-35-60-33-56-31-57-34-61-38-63(67-65(61)37-59(57)32-58(56)36-64(60)66-62)40(3)43-16-17-47-26-52-27-48-19-39(2)9-13-44(48)23-55(52)30-51(47)22-43/h9-37,40,63H,4-8,38H2,1-3H3/b18-12+. The maximum Gasteiger partial charge on any atom is 0.0355 e. The van der Waals surface area contributed by atoms with Crippen molar-refractivity contribution in [3.05, 3.63) is 196 Å². The Morgan fingerprint density at radius 1 is 0.478 bits per heavy atom. The van der Waals surface area contributed by atoms with Crippen LogP contribution in [0.25, 0.3) is 108 Å². The Bertz CT molecular complexity index is 3930. The minimum Gasteiger partial charge on any atom is -0.136 e. The number of benzene rings is 11. The first-order chi connectivity index (χ1) is 32.8. The molecule has 0 saturated carbocycles.